The summed E-state index contributed by atoms with van der Waals surface area (Å²) in [5, 5.41) is 0. The summed E-state index contributed by atoms with van der Waals surface area (Å²) in [5.74, 6) is 0. The van der Waals surface area contributed by atoms with Crippen LogP contribution in [0, 0.1) is 0 Å². The van der Waals surface area contributed by atoms with E-state index in [1.165, 1.54) is 67.0 Å². The smallest absolute Gasteiger partial charge is 0.0643 e. The van der Waals surface area contributed by atoms with E-state index in [4.69, 9.17) is 0 Å². The van der Waals surface area contributed by atoms with E-state index in [0.717, 1.165) is 69.5 Å². The molecule has 2 aliphatic rings. The molecule has 2 unspecified atom stereocenters. The molecular formula is C91H72N4. The maximum absolute atomic E-state index is 2.47. The van der Waals surface area contributed by atoms with Gasteiger partial charge in [0.2, 0.25) is 0 Å². The average molecular weight is 1220 g/mol. The number of hydrogen-bond acceptors (Lipinski definition) is 4. The van der Waals surface area contributed by atoms with Crippen molar-refractivity contribution in [3.8, 4) is 44.5 Å². The minimum Gasteiger partial charge on any atom is -0.334 e. The lowest BCUT2D eigenvalue weighted by molar-refractivity contribution is 0.571. The topological polar surface area (TPSA) is 13.0 Å². The summed E-state index contributed by atoms with van der Waals surface area (Å²) in [6, 6.07) is 127. The van der Waals surface area contributed by atoms with E-state index < -0.39 is 0 Å². The fourth-order valence-electron chi connectivity index (χ4n) is 13.5. The summed E-state index contributed by atoms with van der Waals surface area (Å²) < 4.78 is 0. The van der Waals surface area contributed by atoms with E-state index in [9.17, 15) is 0 Å². The minimum atomic E-state index is -0.280. The number of benzene rings is 13. The average Bonchev–Trinajstić information content (AvgIpc) is 0.809. The molecule has 0 radical (unpaired) electrons. The molecule has 0 fully saturated rings. The number of rotatable bonds is 18. The second-order valence-corrected chi connectivity index (χ2v) is 24.7. The Morgan fingerprint density at radius 3 is 0.884 bits per heavy atom. The standard InChI is InChI=1S/C91H72N4/c1-91(95(89-30-18-7-19-31-89)90-62-48-73(49-63-90)69-22-10-3-11-23-69)66-64-79(65-67-91)78-46-60-88(61-47-78)94(82-28-16-6-17-29-82)85-54-40-75(41-55-85)71-34-32-70(33-35-71)74-38-52-84(53-39-74)93(81-26-14-5-15-27-81)87-58-44-77(45-59-87)76-42-56-86(57-43-76)92(80-24-12-4-13-25-80)83-50-36-72(37-51-83)68-20-8-2-9-21-68/h2-50,52-66,83H,51,67H2,1H3. The minimum absolute atomic E-state index is 0.194. The monoisotopic (exact) mass is 1220 g/mol. The van der Waals surface area contributed by atoms with Crippen molar-refractivity contribution >= 4 is 68.0 Å². The molecule has 2 aliphatic carbocycles. The molecule has 0 N–H and O–H groups in total. The van der Waals surface area contributed by atoms with Crippen LogP contribution in [0.15, 0.2) is 388 Å². The van der Waals surface area contributed by atoms with Gasteiger partial charge in [0.25, 0.3) is 0 Å². The highest BCUT2D eigenvalue weighted by atomic mass is 15.2. The number of hydrogen-bond donors (Lipinski definition) is 0. The molecule has 0 aromatic heterocycles. The van der Waals surface area contributed by atoms with Gasteiger partial charge in [-0.25, -0.2) is 0 Å². The highest BCUT2D eigenvalue weighted by molar-refractivity contribution is 5.85. The van der Waals surface area contributed by atoms with Crippen molar-refractivity contribution in [3.05, 3.63) is 399 Å². The van der Waals surface area contributed by atoms with Crippen LogP contribution in [-0.4, -0.2) is 11.6 Å². The van der Waals surface area contributed by atoms with E-state index in [0.29, 0.717) is 0 Å². The molecule has 13 aromatic rings. The summed E-state index contributed by atoms with van der Waals surface area (Å²) in [4.78, 5) is 9.60. The molecule has 0 bridgehead atoms. The summed E-state index contributed by atoms with van der Waals surface area (Å²) in [6.07, 6.45) is 15.8. The number of anilines is 10. The number of allylic oxidation sites excluding steroid dienone is 4. The van der Waals surface area contributed by atoms with Gasteiger partial charge < -0.3 is 19.6 Å². The lowest BCUT2D eigenvalue weighted by Crippen LogP contribution is -2.42. The van der Waals surface area contributed by atoms with Gasteiger partial charge in [-0.1, -0.05) is 267 Å². The van der Waals surface area contributed by atoms with E-state index in [1.54, 1.807) is 0 Å². The molecule has 4 heteroatoms. The molecule has 0 aliphatic heterocycles. The number of nitrogens with zero attached hydrogens (tertiary/aromatic N) is 4. The molecule has 0 amide bonds. The first-order valence-corrected chi connectivity index (χ1v) is 33.0. The molecule has 13 aromatic carbocycles. The normalized spacial score (nSPS) is 14.9. The fraction of sp³-hybridized carbons (Fsp3) is 0.0549. The molecule has 2 atom stereocenters. The zero-order valence-corrected chi connectivity index (χ0v) is 53.2. The lowest BCUT2D eigenvalue weighted by Gasteiger charge is -2.42. The summed E-state index contributed by atoms with van der Waals surface area (Å²) in [6.45, 7) is 2.34. The van der Waals surface area contributed by atoms with Crippen molar-refractivity contribution in [1.29, 1.82) is 0 Å². The van der Waals surface area contributed by atoms with E-state index in [1.807, 2.05) is 0 Å². The van der Waals surface area contributed by atoms with Crippen molar-refractivity contribution in [2.75, 3.05) is 19.6 Å². The first kappa shape index (κ1) is 59.3. The molecule has 0 spiro atoms. The Morgan fingerprint density at radius 1 is 0.253 bits per heavy atom. The van der Waals surface area contributed by atoms with Crippen LogP contribution in [0.1, 0.15) is 30.9 Å². The van der Waals surface area contributed by atoms with Crippen molar-refractivity contribution in [1.82, 2.24) is 0 Å². The molecular weight excluding hydrogens is 1150 g/mol. The van der Waals surface area contributed by atoms with Crippen LogP contribution >= 0.6 is 0 Å². The second-order valence-electron chi connectivity index (χ2n) is 24.7. The first-order chi connectivity index (χ1) is 46.9. The highest BCUT2D eigenvalue weighted by Crippen LogP contribution is 2.44. The van der Waals surface area contributed by atoms with Crippen LogP contribution in [0.5, 0.6) is 0 Å². The molecule has 95 heavy (non-hydrogen) atoms. The van der Waals surface area contributed by atoms with Gasteiger partial charge in [-0.05, 0) is 208 Å². The largest absolute Gasteiger partial charge is 0.334 e. The van der Waals surface area contributed by atoms with E-state index in [-0.39, 0.29) is 11.6 Å². The molecule has 4 nitrogen and oxygen atoms in total. The lowest BCUT2D eigenvalue weighted by atomic mass is 9.85. The van der Waals surface area contributed by atoms with Gasteiger partial charge in [0.1, 0.15) is 0 Å². The second kappa shape index (κ2) is 27.1. The number of para-hydroxylation sites is 4. The van der Waals surface area contributed by atoms with Gasteiger partial charge in [-0.3, -0.25) is 0 Å². The van der Waals surface area contributed by atoms with Crippen molar-refractivity contribution in [2.45, 2.75) is 31.3 Å². The molecule has 0 saturated carbocycles. The first-order valence-electron chi connectivity index (χ1n) is 33.0. The third kappa shape index (κ3) is 12.9. The third-order valence-corrected chi connectivity index (χ3v) is 18.6. The summed E-state index contributed by atoms with van der Waals surface area (Å²) in [7, 11) is 0. The van der Waals surface area contributed by atoms with Crippen LogP contribution in [0.4, 0.5) is 56.9 Å². The predicted octanol–water partition coefficient (Wildman–Crippen LogP) is 24.8. The van der Waals surface area contributed by atoms with Crippen LogP contribution in [0.2, 0.25) is 0 Å². The Labute approximate surface area is 559 Å². The SMILES string of the molecule is CC1(N(c2ccccc2)c2ccc(-c3ccccc3)cc2)C=CC(c2ccc(N(c3ccccc3)c3ccc(-c4ccc(-c5ccc(N(c6ccccc6)c6ccc(-c7ccc(N(c8ccccc8)C8C=CC(c9ccccc9)=CC8)cc7)cc6)cc5)cc4)cc3)cc2)=CC1. The molecule has 456 valence electrons. The predicted molar refractivity (Wildman–Crippen MR) is 403 cm³/mol. The third-order valence-electron chi connectivity index (χ3n) is 18.6. The van der Waals surface area contributed by atoms with Crippen molar-refractivity contribution in [2.24, 2.45) is 0 Å². The van der Waals surface area contributed by atoms with Gasteiger partial charge in [-0.15, -0.1) is 0 Å². The van der Waals surface area contributed by atoms with Gasteiger partial charge in [0.05, 0.1) is 11.6 Å². The van der Waals surface area contributed by atoms with Crippen LogP contribution in [0.3, 0.4) is 0 Å². The van der Waals surface area contributed by atoms with Crippen LogP contribution < -0.4 is 19.6 Å². The van der Waals surface area contributed by atoms with Gasteiger partial charge in [0, 0.05) is 56.9 Å². The Balaban J connectivity index is 0.620. The Morgan fingerprint density at radius 2 is 0.516 bits per heavy atom. The van der Waals surface area contributed by atoms with Crippen LogP contribution in [0.25, 0.3) is 55.7 Å². The fourth-order valence-corrected chi connectivity index (χ4v) is 13.5. The van der Waals surface area contributed by atoms with E-state index in [2.05, 4.69) is 415 Å². The van der Waals surface area contributed by atoms with Crippen molar-refractivity contribution < 1.29 is 0 Å². The maximum atomic E-state index is 2.47. The maximum Gasteiger partial charge on any atom is 0.0643 e. The molecule has 0 heterocycles. The zero-order valence-electron chi connectivity index (χ0n) is 53.2. The van der Waals surface area contributed by atoms with Gasteiger partial charge in [0.15, 0.2) is 0 Å². The highest BCUT2D eigenvalue weighted by Gasteiger charge is 2.32. The summed E-state index contributed by atoms with van der Waals surface area (Å²) >= 11 is 0. The van der Waals surface area contributed by atoms with Crippen LogP contribution in [-0.2, 0) is 0 Å². The van der Waals surface area contributed by atoms with E-state index >= 15 is 0 Å². The molecule has 0 saturated heterocycles. The van der Waals surface area contributed by atoms with Gasteiger partial charge >= 0.3 is 0 Å². The molecule has 15 rings (SSSR count). The Hall–Kier alpha value is -12.0. The summed E-state index contributed by atoms with van der Waals surface area (Å²) in [5.41, 5.74) is 25.3. The zero-order chi connectivity index (χ0) is 63.8. The van der Waals surface area contributed by atoms with Crippen molar-refractivity contribution in [3.63, 3.8) is 0 Å². The Kier molecular flexibility index (Phi) is 16.9. The van der Waals surface area contributed by atoms with Gasteiger partial charge in [-0.2, -0.15) is 0 Å². The quantitative estimate of drug-likeness (QED) is 0.0849. The Bertz CT molecular complexity index is 4800.